The Morgan fingerprint density at radius 1 is 1.43 bits per heavy atom. The van der Waals surface area contributed by atoms with Crippen molar-refractivity contribution >= 4 is 17.0 Å². The first-order valence-corrected chi connectivity index (χ1v) is 8.22. The minimum absolute atomic E-state index is 0.112. The Bertz CT molecular complexity index is 725. The first-order chi connectivity index (χ1) is 11.2. The monoisotopic (exact) mass is 316 g/mol. The molecule has 0 saturated heterocycles. The summed E-state index contributed by atoms with van der Waals surface area (Å²) in [5.41, 5.74) is 3.56. The van der Waals surface area contributed by atoms with Crippen LogP contribution in [0.25, 0.3) is 11.0 Å². The number of rotatable bonds is 4. The van der Waals surface area contributed by atoms with Gasteiger partial charge < -0.3 is 24.3 Å². The third-order valence-corrected chi connectivity index (χ3v) is 4.66. The summed E-state index contributed by atoms with van der Waals surface area (Å²) in [4.78, 5) is 7.02. The molecule has 2 unspecified atom stereocenters. The van der Waals surface area contributed by atoms with E-state index in [0.717, 1.165) is 43.3 Å². The summed E-state index contributed by atoms with van der Waals surface area (Å²) in [7, 11) is 5.98. The predicted octanol–water partition coefficient (Wildman–Crippen LogP) is 1.59. The third kappa shape index (κ3) is 2.56. The molecular formula is C17H24N4O2. The fourth-order valence-electron chi connectivity index (χ4n) is 3.82. The van der Waals surface area contributed by atoms with Gasteiger partial charge in [0.1, 0.15) is 11.9 Å². The van der Waals surface area contributed by atoms with E-state index < -0.39 is 0 Å². The maximum atomic E-state index is 6.01. The van der Waals surface area contributed by atoms with Crippen LogP contribution in [0, 0.1) is 5.92 Å². The van der Waals surface area contributed by atoms with Gasteiger partial charge in [0.05, 0.1) is 17.6 Å². The fraction of sp³-hybridized carbons (Fsp3) is 0.588. The molecule has 0 spiro atoms. The summed E-state index contributed by atoms with van der Waals surface area (Å²) in [5.74, 6) is 2.55. The zero-order chi connectivity index (χ0) is 16.0. The first kappa shape index (κ1) is 14.8. The van der Waals surface area contributed by atoms with Crippen LogP contribution in [-0.2, 0) is 17.7 Å². The van der Waals surface area contributed by atoms with Gasteiger partial charge in [0.25, 0.3) is 0 Å². The van der Waals surface area contributed by atoms with Crippen molar-refractivity contribution in [2.24, 2.45) is 5.92 Å². The molecule has 0 fully saturated rings. The fourth-order valence-corrected chi connectivity index (χ4v) is 3.82. The van der Waals surface area contributed by atoms with Crippen LogP contribution in [0.15, 0.2) is 12.1 Å². The summed E-state index contributed by atoms with van der Waals surface area (Å²) in [6, 6.07) is 4.11. The van der Waals surface area contributed by atoms with Gasteiger partial charge in [-0.25, -0.2) is 4.98 Å². The van der Waals surface area contributed by atoms with Gasteiger partial charge in [-0.05, 0) is 26.2 Å². The summed E-state index contributed by atoms with van der Waals surface area (Å²) in [6.45, 7) is 3.68. The summed E-state index contributed by atoms with van der Waals surface area (Å²) >= 11 is 0. The van der Waals surface area contributed by atoms with Crippen molar-refractivity contribution in [3.05, 3.63) is 17.7 Å². The minimum atomic E-state index is 0.112. The Labute approximate surface area is 136 Å². The highest BCUT2D eigenvalue weighted by Gasteiger charge is 2.29. The van der Waals surface area contributed by atoms with Gasteiger partial charge in [-0.2, -0.15) is 0 Å². The highest BCUT2D eigenvalue weighted by molar-refractivity contribution is 5.85. The van der Waals surface area contributed by atoms with Crippen LogP contribution in [0.4, 0.5) is 5.95 Å². The van der Waals surface area contributed by atoms with Crippen molar-refractivity contribution in [1.82, 2.24) is 14.5 Å². The van der Waals surface area contributed by atoms with E-state index in [9.17, 15) is 0 Å². The quantitative estimate of drug-likeness (QED) is 0.928. The van der Waals surface area contributed by atoms with E-state index in [1.54, 1.807) is 7.11 Å². The van der Waals surface area contributed by atoms with E-state index in [1.807, 2.05) is 6.07 Å². The Balaban J connectivity index is 1.72. The van der Waals surface area contributed by atoms with Crippen LogP contribution in [0.1, 0.15) is 5.56 Å². The van der Waals surface area contributed by atoms with Crippen LogP contribution in [0.2, 0.25) is 0 Å². The van der Waals surface area contributed by atoms with E-state index in [4.69, 9.17) is 14.5 Å². The summed E-state index contributed by atoms with van der Waals surface area (Å²) in [5, 5.41) is 3.49. The van der Waals surface area contributed by atoms with Gasteiger partial charge in [-0.1, -0.05) is 0 Å². The molecule has 2 aliphatic heterocycles. The Morgan fingerprint density at radius 3 is 3.09 bits per heavy atom. The number of imidazole rings is 1. The van der Waals surface area contributed by atoms with Crippen molar-refractivity contribution < 1.29 is 9.47 Å². The molecule has 2 atom stereocenters. The zero-order valence-corrected chi connectivity index (χ0v) is 14.0. The number of nitrogens with one attached hydrogen (secondary N) is 1. The van der Waals surface area contributed by atoms with Gasteiger partial charge in [-0.15, -0.1) is 0 Å². The highest BCUT2D eigenvalue weighted by Crippen LogP contribution is 2.37. The molecule has 0 amide bonds. The van der Waals surface area contributed by atoms with E-state index in [2.05, 4.69) is 34.9 Å². The highest BCUT2D eigenvalue weighted by atomic mass is 16.5. The molecule has 0 bridgehead atoms. The van der Waals surface area contributed by atoms with Crippen molar-refractivity contribution in [3.8, 4) is 5.75 Å². The lowest BCUT2D eigenvalue weighted by Gasteiger charge is -2.27. The lowest BCUT2D eigenvalue weighted by atomic mass is 10.1. The first-order valence-electron chi connectivity index (χ1n) is 8.22. The van der Waals surface area contributed by atoms with Gasteiger partial charge in [0.15, 0.2) is 0 Å². The lowest BCUT2D eigenvalue weighted by molar-refractivity contribution is 0.0951. The number of benzene rings is 1. The van der Waals surface area contributed by atoms with E-state index in [0.29, 0.717) is 12.5 Å². The largest absolute Gasteiger partial charge is 0.487 e. The van der Waals surface area contributed by atoms with Crippen molar-refractivity contribution in [1.29, 1.82) is 0 Å². The lowest BCUT2D eigenvalue weighted by Crippen LogP contribution is -2.34. The second-order valence-corrected chi connectivity index (χ2v) is 6.86. The maximum absolute atomic E-state index is 6.01. The van der Waals surface area contributed by atoms with Gasteiger partial charge in [-0.3, -0.25) is 0 Å². The molecule has 0 radical (unpaired) electrons. The van der Waals surface area contributed by atoms with Crippen LogP contribution in [-0.4, -0.2) is 61.5 Å². The summed E-state index contributed by atoms with van der Waals surface area (Å²) < 4.78 is 13.6. The number of hydrogen-bond acceptors (Lipinski definition) is 5. The number of ether oxygens (including phenoxy) is 2. The van der Waals surface area contributed by atoms with Gasteiger partial charge >= 0.3 is 0 Å². The average molecular weight is 316 g/mol. The van der Waals surface area contributed by atoms with Crippen LogP contribution in [0.3, 0.4) is 0 Å². The average Bonchev–Trinajstić information content (AvgIpc) is 3.06. The second kappa shape index (κ2) is 5.69. The number of methoxy groups -OCH3 is 1. The molecule has 6 heteroatoms. The van der Waals surface area contributed by atoms with Crippen molar-refractivity contribution in [2.75, 3.05) is 46.2 Å². The molecule has 3 heterocycles. The number of nitrogens with zero attached hydrogens (tertiary/aromatic N) is 3. The maximum Gasteiger partial charge on any atom is 0.203 e. The van der Waals surface area contributed by atoms with Crippen LogP contribution >= 0.6 is 0 Å². The van der Waals surface area contributed by atoms with Crippen molar-refractivity contribution in [3.63, 3.8) is 0 Å². The second-order valence-electron chi connectivity index (χ2n) is 6.86. The molecule has 1 N–H and O–H groups in total. The molecule has 1 aromatic carbocycles. The van der Waals surface area contributed by atoms with E-state index in [1.165, 1.54) is 11.1 Å². The Morgan fingerprint density at radius 2 is 2.30 bits per heavy atom. The SMILES string of the molecule is COCC1Cc2c(ccc3nc4n(c23)CC(CN(C)C)CN4)O1. The smallest absolute Gasteiger partial charge is 0.203 e. The molecule has 0 saturated carbocycles. The number of fused-ring (bicyclic) bond motifs is 5. The third-order valence-electron chi connectivity index (χ3n) is 4.66. The minimum Gasteiger partial charge on any atom is -0.487 e. The molecular weight excluding hydrogens is 292 g/mol. The molecule has 2 aliphatic rings. The van der Waals surface area contributed by atoms with Crippen LogP contribution in [0.5, 0.6) is 5.75 Å². The molecule has 124 valence electrons. The summed E-state index contributed by atoms with van der Waals surface area (Å²) in [6.07, 6.45) is 1.00. The molecule has 0 aliphatic carbocycles. The molecule has 23 heavy (non-hydrogen) atoms. The molecule has 6 nitrogen and oxygen atoms in total. The van der Waals surface area contributed by atoms with Crippen molar-refractivity contribution in [2.45, 2.75) is 19.1 Å². The van der Waals surface area contributed by atoms with E-state index in [-0.39, 0.29) is 6.10 Å². The van der Waals surface area contributed by atoms with Gasteiger partial charge in [0, 0.05) is 44.6 Å². The Kier molecular flexibility index (Phi) is 3.66. The zero-order valence-electron chi connectivity index (χ0n) is 14.0. The van der Waals surface area contributed by atoms with Gasteiger partial charge in [0.2, 0.25) is 5.95 Å². The van der Waals surface area contributed by atoms with Crippen LogP contribution < -0.4 is 10.1 Å². The Hall–Kier alpha value is -1.79. The normalized spacial score (nSPS) is 22.8. The molecule has 2 aromatic rings. The predicted molar refractivity (Wildman–Crippen MR) is 90.3 cm³/mol. The number of hydrogen-bond donors (Lipinski definition) is 1. The van der Waals surface area contributed by atoms with E-state index >= 15 is 0 Å². The molecule has 4 rings (SSSR count). The number of anilines is 1. The standard InChI is InChI=1S/C17H24N4O2/c1-20(2)8-11-7-18-17-19-14-4-5-15-13(16(14)21(17)9-11)6-12(23-15)10-22-3/h4-5,11-12H,6-10H2,1-3H3,(H,18,19). The topological polar surface area (TPSA) is 51.5 Å². The number of aromatic nitrogens is 2. The molecule has 1 aromatic heterocycles.